The molecule has 0 N–H and O–H groups in total. The molecule has 0 unspecified atom stereocenters. The Kier molecular flexibility index (Phi) is 3.87. The van der Waals surface area contributed by atoms with Gasteiger partial charge in [-0.3, -0.25) is 9.59 Å². The number of thiazole rings is 1. The number of carbonyl (C=O) groups excluding carboxylic acids is 1. The van der Waals surface area contributed by atoms with E-state index in [0.29, 0.717) is 4.88 Å². The average molecular weight is 269 g/mol. The van der Waals surface area contributed by atoms with Crippen molar-refractivity contribution in [2.24, 2.45) is 7.05 Å². The normalized spacial score (nSPS) is 17.2. The third kappa shape index (κ3) is 2.35. The molecular formula is C12H19N3O2S. The molecule has 0 spiro atoms. The van der Waals surface area contributed by atoms with E-state index in [4.69, 9.17) is 0 Å². The SMILES string of the molecule is CCN1CCN(C(=O)c2sc(=O)n(C)c2C)CC1. The Hall–Kier alpha value is -1.14. The number of hydrogen-bond acceptors (Lipinski definition) is 4. The smallest absolute Gasteiger partial charge is 0.307 e. The van der Waals surface area contributed by atoms with Gasteiger partial charge in [-0.1, -0.05) is 18.3 Å². The maximum atomic E-state index is 12.3. The largest absolute Gasteiger partial charge is 0.335 e. The third-order valence-corrected chi connectivity index (χ3v) is 4.72. The summed E-state index contributed by atoms with van der Waals surface area (Å²) in [5, 5.41) is 0. The molecule has 2 heterocycles. The number of amides is 1. The molecule has 1 aromatic heterocycles. The van der Waals surface area contributed by atoms with Gasteiger partial charge in [0.2, 0.25) is 0 Å². The van der Waals surface area contributed by atoms with Gasteiger partial charge in [0.05, 0.1) is 0 Å². The molecule has 6 heteroatoms. The zero-order valence-electron chi connectivity index (χ0n) is 11.1. The zero-order valence-corrected chi connectivity index (χ0v) is 11.9. The van der Waals surface area contributed by atoms with Crippen molar-refractivity contribution in [2.45, 2.75) is 13.8 Å². The molecule has 18 heavy (non-hydrogen) atoms. The van der Waals surface area contributed by atoms with Crippen LogP contribution in [0.25, 0.3) is 0 Å². The molecule has 0 bridgehead atoms. The van der Waals surface area contributed by atoms with E-state index in [2.05, 4.69) is 11.8 Å². The van der Waals surface area contributed by atoms with Crippen molar-refractivity contribution in [1.29, 1.82) is 0 Å². The van der Waals surface area contributed by atoms with Gasteiger partial charge < -0.3 is 14.4 Å². The van der Waals surface area contributed by atoms with E-state index in [1.165, 1.54) is 0 Å². The summed E-state index contributed by atoms with van der Waals surface area (Å²) in [5.41, 5.74) is 0.771. The molecule has 0 aromatic carbocycles. The highest BCUT2D eigenvalue weighted by molar-refractivity contribution is 7.11. The highest BCUT2D eigenvalue weighted by Gasteiger charge is 2.25. The van der Waals surface area contributed by atoms with E-state index < -0.39 is 0 Å². The number of aromatic nitrogens is 1. The number of nitrogens with zero attached hydrogens (tertiary/aromatic N) is 3. The van der Waals surface area contributed by atoms with Gasteiger partial charge in [-0.05, 0) is 13.5 Å². The van der Waals surface area contributed by atoms with Crippen LogP contribution in [-0.4, -0.2) is 53.0 Å². The lowest BCUT2D eigenvalue weighted by atomic mass is 10.2. The lowest BCUT2D eigenvalue weighted by Gasteiger charge is -2.33. The standard InChI is InChI=1S/C12H19N3O2S/c1-4-14-5-7-15(8-6-14)11(16)10-9(2)13(3)12(17)18-10/h4-8H2,1-3H3. The van der Waals surface area contributed by atoms with Gasteiger partial charge in [0.1, 0.15) is 4.88 Å². The van der Waals surface area contributed by atoms with Crippen LogP contribution in [0.1, 0.15) is 22.3 Å². The van der Waals surface area contributed by atoms with Crippen LogP contribution in [0.4, 0.5) is 0 Å². The number of rotatable bonds is 2. The lowest BCUT2D eigenvalue weighted by Crippen LogP contribution is -2.48. The van der Waals surface area contributed by atoms with Gasteiger partial charge in [0, 0.05) is 38.9 Å². The summed E-state index contributed by atoms with van der Waals surface area (Å²) >= 11 is 1.05. The molecule has 0 saturated carbocycles. The molecule has 0 radical (unpaired) electrons. The topological polar surface area (TPSA) is 45.6 Å². The van der Waals surface area contributed by atoms with Gasteiger partial charge in [-0.15, -0.1) is 0 Å². The van der Waals surface area contributed by atoms with Gasteiger partial charge >= 0.3 is 4.87 Å². The summed E-state index contributed by atoms with van der Waals surface area (Å²) in [4.78, 5) is 28.6. The van der Waals surface area contributed by atoms with E-state index in [1.807, 2.05) is 11.8 Å². The Balaban J connectivity index is 2.13. The first kappa shape index (κ1) is 13.3. The average Bonchev–Trinajstić information content (AvgIpc) is 2.66. The Morgan fingerprint density at radius 1 is 1.28 bits per heavy atom. The molecule has 1 aromatic rings. The van der Waals surface area contributed by atoms with Crippen molar-refractivity contribution in [3.05, 3.63) is 20.2 Å². The summed E-state index contributed by atoms with van der Waals surface area (Å²) in [7, 11) is 1.71. The second-order valence-corrected chi connectivity index (χ2v) is 5.53. The fraction of sp³-hybridized carbons (Fsp3) is 0.667. The number of carbonyl (C=O) groups is 1. The van der Waals surface area contributed by atoms with Crippen LogP contribution >= 0.6 is 11.3 Å². The molecule has 1 fully saturated rings. The Bertz CT molecular complexity index is 498. The monoisotopic (exact) mass is 269 g/mol. The molecule has 1 saturated heterocycles. The minimum atomic E-state index is -0.0666. The van der Waals surface area contributed by atoms with Gasteiger partial charge in [0.15, 0.2) is 0 Å². The van der Waals surface area contributed by atoms with Crippen LogP contribution in [0, 0.1) is 6.92 Å². The number of likely N-dealkylation sites (N-methyl/N-ethyl adjacent to an activating group) is 1. The molecule has 0 aliphatic carbocycles. The predicted octanol–water partition coefficient (Wildman–Crippen LogP) is 0.533. The molecule has 0 atom stereocenters. The van der Waals surface area contributed by atoms with Crippen LogP contribution in [0.5, 0.6) is 0 Å². The summed E-state index contributed by atoms with van der Waals surface area (Å²) in [6.45, 7) is 8.33. The minimum Gasteiger partial charge on any atom is -0.335 e. The third-order valence-electron chi connectivity index (χ3n) is 3.60. The van der Waals surface area contributed by atoms with Crippen molar-refractivity contribution in [2.75, 3.05) is 32.7 Å². The van der Waals surface area contributed by atoms with Crippen molar-refractivity contribution in [1.82, 2.24) is 14.4 Å². The van der Waals surface area contributed by atoms with Crippen LogP contribution in [0.3, 0.4) is 0 Å². The first-order chi connectivity index (χ1) is 8.54. The van der Waals surface area contributed by atoms with Crippen molar-refractivity contribution < 1.29 is 4.79 Å². The second kappa shape index (κ2) is 5.24. The molecule has 5 nitrogen and oxygen atoms in total. The Morgan fingerprint density at radius 3 is 2.33 bits per heavy atom. The Labute approximate surface area is 111 Å². The van der Waals surface area contributed by atoms with Gasteiger partial charge in [-0.2, -0.15) is 0 Å². The van der Waals surface area contributed by atoms with Crippen molar-refractivity contribution >= 4 is 17.2 Å². The predicted molar refractivity (Wildman–Crippen MR) is 72.3 cm³/mol. The first-order valence-electron chi connectivity index (χ1n) is 6.22. The fourth-order valence-electron chi connectivity index (χ4n) is 2.13. The zero-order chi connectivity index (χ0) is 13.3. The van der Waals surface area contributed by atoms with Crippen LogP contribution in [0.15, 0.2) is 4.79 Å². The summed E-state index contributed by atoms with van der Waals surface area (Å²) in [5.74, 6) is 0.00551. The summed E-state index contributed by atoms with van der Waals surface area (Å²) in [6.07, 6.45) is 0. The molecular weight excluding hydrogens is 250 g/mol. The van der Waals surface area contributed by atoms with Crippen LogP contribution in [-0.2, 0) is 7.05 Å². The van der Waals surface area contributed by atoms with E-state index >= 15 is 0 Å². The number of hydrogen-bond donors (Lipinski definition) is 0. The van der Waals surface area contributed by atoms with E-state index in [9.17, 15) is 9.59 Å². The van der Waals surface area contributed by atoms with Gasteiger partial charge in [0.25, 0.3) is 5.91 Å². The summed E-state index contributed by atoms with van der Waals surface area (Å²) < 4.78 is 1.54. The molecule has 1 aliphatic heterocycles. The highest BCUT2D eigenvalue weighted by atomic mass is 32.1. The first-order valence-corrected chi connectivity index (χ1v) is 7.04. The maximum absolute atomic E-state index is 12.3. The van der Waals surface area contributed by atoms with E-state index in [0.717, 1.165) is 49.8 Å². The van der Waals surface area contributed by atoms with E-state index in [-0.39, 0.29) is 10.8 Å². The summed E-state index contributed by atoms with van der Waals surface area (Å²) in [6, 6.07) is 0. The lowest BCUT2D eigenvalue weighted by molar-refractivity contribution is 0.0647. The molecule has 1 aliphatic rings. The molecule has 100 valence electrons. The van der Waals surface area contributed by atoms with Crippen molar-refractivity contribution in [3.63, 3.8) is 0 Å². The minimum absolute atomic E-state index is 0.00551. The fourth-order valence-corrected chi connectivity index (χ4v) is 3.08. The van der Waals surface area contributed by atoms with Crippen molar-refractivity contribution in [3.8, 4) is 0 Å². The maximum Gasteiger partial charge on any atom is 0.307 e. The highest BCUT2D eigenvalue weighted by Crippen LogP contribution is 2.15. The Morgan fingerprint density at radius 2 is 1.89 bits per heavy atom. The van der Waals surface area contributed by atoms with Gasteiger partial charge in [-0.25, -0.2) is 0 Å². The molecule has 1 amide bonds. The van der Waals surface area contributed by atoms with Crippen LogP contribution in [0.2, 0.25) is 0 Å². The quantitative estimate of drug-likeness (QED) is 0.787. The van der Waals surface area contributed by atoms with E-state index in [1.54, 1.807) is 11.6 Å². The number of piperazine rings is 1. The molecule has 2 rings (SSSR count). The second-order valence-electron chi connectivity index (χ2n) is 4.57. The van der Waals surface area contributed by atoms with Crippen LogP contribution < -0.4 is 4.87 Å².